The van der Waals surface area contributed by atoms with Crippen LogP contribution in [0.5, 0.6) is 0 Å². The molecule has 23 heavy (non-hydrogen) atoms. The number of aromatic nitrogens is 1. The molecule has 1 aliphatic rings. The van der Waals surface area contributed by atoms with Crippen LogP contribution in [0.1, 0.15) is 22.3 Å². The number of benzene rings is 1. The number of hydrogen-bond donors (Lipinski definition) is 1. The van der Waals surface area contributed by atoms with Gasteiger partial charge < -0.3 is 14.8 Å². The molecule has 0 saturated carbocycles. The Hall–Kier alpha value is -2.56. The fourth-order valence-corrected chi connectivity index (χ4v) is 2.96. The summed E-state index contributed by atoms with van der Waals surface area (Å²) in [6.45, 7) is 1.20. The minimum atomic E-state index is -0.465. The lowest BCUT2D eigenvalue weighted by atomic mass is 10.0. The molecule has 5 heteroatoms. The van der Waals surface area contributed by atoms with Gasteiger partial charge >= 0.3 is 0 Å². The molecule has 5 nitrogen and oxygen atoms in total. The Morgan fingerprint density at radius 2 is 2.04 bits per heavy atom. The first-order valence-electron chi connectivity index (χ1n) is 7.90. The molecule has 120 valence electrons. The van der Waals surface area contributed by atoms with Crippen LogP contribution in [0, 0.1) is 0 Å². The molecule has 1 aromatic heterocycles. The zero-order chi connectivity index (χ0) is 16.2. The SMILES string of the molecule is Cn1ccc(C(=O)N2CCCNC(=O)C2Cc2ccccc2)c1. The molecule has 0 aliphatic carbocycles. The average Bonchev–Trinajstić information content (AvgIpc) is 2.91. The van der Waals surface area contributed by atoms with E-state index in [1.807, 2.05) is 48.1 Å². The molecule has 0 spiro atoms. The lowest BCUT2D eigenvalue weighted by Gasteiger charge is -2.28. The summed E-state index contributed by atoms with van der Waals surface area (Å²) in [6.07, 6.45) is 4.95. The summed E-state index contributed by atoms with van der Waals surface area (Å²) >= 11 is 0. The van der Waals surface area contributed by atoms with Gasteiger partial charge in [0.05, 0.1) is 5.56 Å². The fraction of sp³-hybridized carbons (Fsp3) is 0.333. The number of amides is 2. The third-order valence-corrected chi connectivity index (χ3v) is 4.17. The van der Waals surface area contributed by atoms with E-state index in [0.717, 1.165) is 12.0 Å². The Morgan fingerprint density at radius 1 is 1.26 bits per heavy atom. The molecule has 0 radical (unpaired) electrons. The predicted octanol–water partition coefficient (Wildman–Crippen LogP) is 1.60. The second kappa shape index (κ2) is 6.69. The maximum Gasteiger partial charge on any atom is 0.256 e. The summed E-state index contributed by atoms with van der Waals surface area (Å²) in [5, 5.41) is 2.92. The van der Waals surface area contributed by atoms with Crippen LogP contribution in [0.2, 0.25) is 0 Å². The molecule has 1 saturated heterocycles. The minimum Gasteiger partial charge on any atom is -0.356 e. The van der Waals surface area contributed by atoms with Gasteiger partial charge in [-0.3, -0.25) is 9.59 Å². The van der Waals surface area contributed by atoms with E-state index in [1.165, 1.54) is 0 Å². The number of carbonyl (C=O) groups excluding carboxylic acids is 2. The van der Waals surface area contributed by atoms with E-state index in [2.05, 4.69) is 5.32 Å². The van der Waals surface area contributed by atoms with E-state index < -0.39 is 6.04 Å². The highest BCUT2D eigenvalue weighted by atomic mass is 16.2. The van der Waals surface area contributed by atoms with Gasteiger partial charge in [0.1, 0.15) is 6.04 Å². The van der Waals surface area contributed by atoms with Crippen molar-refractivity contribution in [2.45, 2.75) is 18.9 Å². The van der Waals surface area contributed by atoms with E-state index in [4.69, 9.17) is 0 Å². The van der Waals surface area contributed by atoms with Crippen molar-refractivity contribution in [3.8, 4) is 0 Å². The lowest BCUT2D eigenvalue weighted by Crippen LogP contribution is -2.48. The highest BCUT2D eigenvalue weighted by molar-refractivity contribution is 5.97. The zero-order valence-corrected chi connectivity index (χ0v) is 13.2. The Kier molecular flexibility index (Phi) is 4.46. The van der Waals surface area contributed by atoms with Crippen LogP contribution in [0.4, 0.5) is 0 Å². The number of carbonyl (C=O) groups is 2. The molecule has 1 atom stereocenters. The number of rotatable bonds is 3. The Bertz CT molecular complexity index is 693. The molecule has 1 fully saturated rings. The number of aryl methyl sites for hydroxylation is 1. The van der Waals surface area contributed by atoms with Gasteiger partial charge in [-0.1, -0.05) is 30.3 Å². The highest BCUT2D eigenvalue weighted by Gasteiger charge is 2.32. The molecule has 1 unspecified atom stereocenters. The first-order valence-corrected chi connectivity index (χ1v) is 7.90. The van der Waals surface area contributed by atoms with Crippen LogP contribution < -0.4 is 5.32 Å². The van der Waals surface area contributed by atoms with Crippen molar-refractivity contribution < 1.29 is 9.59 Å². The van der Waals surface area contributed by atoms with Crippen molar-refractivity contribution in [2.75, 3.05) is 13.1 Å². The summed E-state index contributed by atoms with van der Waals surface area (Å²) in [6, 6.07) is 11.2. The maximum absolute atomic E-state index is 12.8. The number of nitrogens with zero attached hydrogens (tertiary/aromatic N) is 2. The predicted molar refractivity (Wildman–Crippen MR) is 88.0 cm³/mol. The molecular formula is C18H21N3O2. The van der Waals surface area contributed by atoms with E-state index in [9.17, 15) is 9.59 Å². The standard InChI is InChI=1S/C18H21N3O2/c1-20-11-8-15(13-20)18(23)21-10-5-9-19-17(22)16(21)12-14-6-3-2-4-7-14/h2-4,6-8,11,13,16H,5,9-10,12H2,1H3,(H,19,22). The van der Waals surface area contributed by atoms with E-state index >= 15 is 0 Å². The van der Waals surface area contributed by atoms with Crippen LogP contribution in [-0.4, -0.2) is 40.4 Å². The second-order valence-corrected chi connectivity index (χ2v) is 5.91. The Balaban J connectivity index is 1.87. The lowest BCUT2D eigenvalue weighted by molar-refractivity contribution is -0.124. The number of hydrogen-bond acceptors (Lipinski definition) is 2. The Morgan fingerprint density at radius 3 is 2.74 bits per heavy atom. The van der Waals surface area contributed by atoms with E-state index in [-0.39, 0.29) is 11.8 Å². The molecule has 1 aromatic carbocycles. The summed E-state index contributed by atoms with van der Waals surface area (Å²) in [7, 11) is 1.88. The quantitative estimate of drug-likeness (QED) is 0.936. The van der Waals surface area contributed by atoms with Gasteiger partial charge in [-0.2, -0.15) is 0 Å². The maximum atomic E-state index is 12.8. The topological polar surface area (TPSA) is 54.3 Å². The normalized spacial score (nSPS) is 18.4. The zero-order valence-electron chi connectivity index (χ0n) is 13.2. The molecule has 1 aliphatic heterocycles. The third kappa shape index (κ3) is 3.44. The third-order valence-electron chi connectivity index (χ3n) is 4.17. The molecule has 2 aromatic rings. The van der Waals surface area contributed by atoms with Crippen LogP contribution in [0.3, 0.4) is 0 Å². The van der Waals surface area contributed by atoms with Gasteiger partial charge in [-0.15, -0.1) is 0 Å². The van der Waals surface area contributed by atoms with Crippen LogP contribution >= 0.6 is 0 Å². The summed E-state index contributed by atoms with van der Waals surface area (Å²) in [5.74, 6) is -0.154. The summed E-state index contributed by atoms with van der Waals surface area (Å²) < 4.78 is 1.84. The van der Waals surface area contributed by atoms with Crippen LogP contribution in [-0.2, 0) is 18.3 Å². The molecule has 1 N–H and O–H groups in total. The largest absolute Gasteiger partial charge is 0.356 e. The summed E-state index contributed by atoms with van der Waals surface area (Å²) in [4.78, 5) is 27.0. The van der Waals surface area contributed by atoms with Crippen LogP contribution in [0.15, 0.2) is 48.8 Å². The van der Waals surface area contributed by atoms with Gasteiger partial charge in [0.15, 0.2) is 0 Å². The van der Waals surface area contributed by atoms with Crippen molar-refractivity contribution in [1.29, 1.82) is 0 Å². The molecule has 2 heterocycles. The van der Waals surface area contributed by atoms with Crippen molar-refractivity contribution >= 4 is 11.8 Å². The van der Waals surface area contributed by atoms with Gasteiger partial charge in [0, 0.05) is 39.0 Å². The minimum absolute atomic E-state index is 0.0735. The monoisotopic (exact) mass is 311 g/mol. The first kappa shape index (κ1) is 15.3. The molecule has 0 bridgehead atoms. The van der Waals surface area contributed by atoms with Crippen molar-refractivity contribution in [3.05, 3.63) is 59.9 Å². The van der Waals surface area contributed by atoms with Crippen molar-refractivity contribution in [2.24, 2.45) is 7.05 Å². The smallest absolute Gasteiger partial charge is 0.256 e. The van der Waals surface area contributed by atoms with Gasteiger partial charge in [0.2, 0.25) is 5.91 Å². The van der Waals surface area contributed by atoms with E-state index in [0.29, 0.717) is 25.1 Å². The van der Waals surface area contributed by atoms with Crippen LogP contribution in [0.25, 0.3) is 0 Å². The fourth-order valence-electron chi connectivity index (χ4n) is 2.96. The van der Waals surface area contributed by atoms with Gasteiger partial charge in [-0.25, -0.2) is 0 Å². The Labute approximate surface area is 135 Å². The van der Waals surface area contributed by atoms with Crippen molar-refractivity contribution in [1.82, 2.24) is 14.8 Å². The number of nitrogens with one attached hydrogen (secondary N) is 1. The van der Waals surface area contributed by atoms with Gasteiger partial charge in [-0.05, 0) is 18.1 Å². The highest BCUT2D eigenvalue weighted by Crippen LogP contribution is 2.16. The molecule has 2 amide bonds. The molecule has 3 rings (SSSR count). The summed E-state index contributed by atoms with van der Waals surface area (Å²) in [5.41, 5.74) is 1.68. The van der Waals surface area contributed by atoms with Gasteiger partial charge in [0.25, 0.3) is 5.91 Å². The first-order chi connectivity index (χ1) is 11.1. The average molecular weight is 311 g/mol. The van der Waals surface area contributed by atoms with Crippen molar-refractivity contribution in [3.63, 3.8) is 0 Å². The molecular weight excluding hydrogens is 290 g/mol. The second-order valence-electron chi connectivity index (χ2n) is 5.91. The van der Waals surface area contributed by atoms with E-state index in [1.54, 1.807) is 17.2 Å².